The van der Waals surface area contributed by atoms with Crippen molar-refractivity contribution < 1.29 is 14.6 Å². The van der Waals surface area contributed by atoms with Crippen LogP contribution in [-0.2, 0) is 9.53 Å². The summed E-state index contributed by atoms with van der Waals surface area (Å²) in [5.74, 6) is 0.644. The molecule has 0 saturated carbocycles. The number of halogens is 1. The minimum Gasteiger partial charge on any atom is -0.444 e. The third kappa shape index (κ3) is 4.70. The van der Waals surface area contributed by atoms with E-state index in [9.17, 15) is 9.90 Å². The number of aliphatic hydroxyl groups is 1. The van der Waals surface area contributed by atoms with Crippen LogP contribution in [0.5, 0.6) is 0 Å². The summed E-state index contributed by atoms with van der Waals surface area (Å²) in [4.78, 5) is 12.9. The van der Waals surface area contributed by atoms with Gasteiger partial charge >= 0.3 is 0 Å². The van der Waals surface area contributed by atoms with E-state index in [0.29, 0.717) is 38.3 Å². The summed E-state index contributed by atoms with van der Waals surface area (Å²) in [6.07, 6.45) is 3.70. The van der Waals surface area contributed by atoms with Crippen LogP contribution in [0.4, 0.5) is 0 Å². The molecule has 1 saturated heterocycles. The van der Waals surface area contributed by atoms with E-state index in [-0.39, 0.29) is 6.23 Å². The number of hydrogen-bond acceptors (Lipinski definition) is 4. The Morgan fingerprint density at radius 3 is 2.55 bits per heavy atom. The summed E-state index contributed by atoms with van der Waals surface area (Å²) in [6.45, 7) is 1.93. The van der Waals surface area contributed by atoms with Crippen LogP contribution in [-0.4, -0.2) is 41.0 Å². The number of ether oxygens (including phenoxy) is 1. The molecule has 1 N–H and O–H groups in total. The van der Waals surface area contributed by atoms with Gasteiger partial charge in [0, 0.05) is 24.5 Å². The summed E-state index contributed by atoms with van der Waals surface area (Å²) >= 11 is 5.69. The van der Waals surface area contributed by atoms with E-state index >= 15 is 0 Å². The van der Waals surface area contributed by atoms with Crippen LogP contribution >= 0.6 is 11.6 Å². The lowest BCUT2D eigenvalue weighted by Gasteiger charge is -2.41. The van der Waals surface area contributed by atoms with Gasteiger partial charge in [0.25, 0.3) is 6.47 Å². The van der Waals surface area contributed by atoms with E-state index in [0.717, 1.165) is 24.8 Å². The number of rotatable bonds is 8. The number of hydrogen-bond donors (Lipinski definition) is 1. The molecule has 1 heterocycles. The number of carbonyl (C=O) groups is 1. The molecule has 0 spiro atoms. The molecule has 1 aliphatic heterocycles. The van der Waals surface area contributed by atoms with Gasteiger partial charge in [0.2, 0.25) is 0 Å². The molecule has 1 aliphatic rings. The molecule has 1 aromatic carbocycles. The smallest absolute Gasteiger partial charge is 0.294 e. The molecule has 0 bridgehead atoms. The monoisotopic (exact) mass is 325 g/mol. The van der Waals surface area contributed by atoms with Gasteiger partial charge in [0.15, 0.2) is 6.23 Å². The van der Waals surface area contributed by atoms with Gasteiger partial charge in [0.05, 0.1) is 5.60 Å². The highest BCUT2D eigenvalue weighted by molar-refractivity contribution is 6.17. The molecule has 0 amide bonds. The molecule has 4 nitrogen and oxygen atoms in total. The number of unbranched alkanes of at least 4 members (excludes halogenated alkanes) is 1. The van der Waals surface area contributed by atoms with Crippen LogP contribution < -0.4 is 0 Å². The van der Waals surface area contributed by atoms with E-state index in [1.54, 1.807) is 0 Å². The van der Waals surface area contributed by atoms with Crippen molar-refractivity contribution in [2.24, 2.45) is 0 Å². The Kier molecular flexibility index (Phi) is 6.68. The molecule has 5 heteroatoms. The highest BCUT2D eigenvalue weighted by Crippen LogP contribution is 2.32. The normalized spacial score (nSPS) is 19.5. The lowest BCUT2D eigenvalue weighted by atomic mass is 9.86. The fourth-order valence-corrected chi connectivity index (χ4v) is 3.21. The fraction of sp³-hybridized carbons (Fsp3) is 0.588. The van der Waals surface area contributed by atoms with Crippen LogP contribution in [0.25, 0.3) is 0 Å². The highest BCUT2D eigenvalue weighted by Gasteiger charge is 2.35. The Morgan fingerprint density at radius 1 is 1.27 bits per heavy atom. The number of piperidine rings is 1. The molecule has 0 radical (unpaired) electrons. The van der Waals surface area contributed by atoms with Crippen molar-refractivity contribution in [3.05, 3.63) is 35.9 Å². The van der Waals surface area contributed by atoms with Gasteiger partial charge < -0.3 is 9.84 Å². The molecule has 122 valence electrons. The van der Waals surface area contributed by atoms with Crippen molar-refractivity contribution in [2.45, 2.75) is 43.9 Å². The van der Waals surface area contributed by atoms with Gasteiger partial charge in [-0.3, -0.25) is 9.69 Å². The average molecular weight is 326 g/mol. The van der Waals surface area contributed by atoms with Crippen LogP contribution in [0.1, 0.15) is 43.9 Å². The number of nitrogens with zero attached hydrogens (tertiary/aromatic N) is 1. The molecule has 1 unspecified atom stereocenters. The van der Waals surface area contributed by atoms with E-state index < -0.39 is 5.60 Å². The Morgan fingerprint density at radius 2 is 1.95 bits per heavy atom. The quantitative estimate of drug-likeness (QED) is 0.453. The Hall–Kier alpha value is -1.10. The minimum absolute atomic E-state index is 0.369. The zero-order chi connectivity index (χ0) is 15.8. The molecular weight excluding hydrogens is 302 g/mol. The summed E-state index contributed by atoms with van der Waals surface area (Å²) in [5.41, 5.74) is 0.354. The Labute approximate surface area is 137 Å². The predicted molar refractivity (Wildman–Crippen MR) is 86.7 cm³/mol. The topological polar surface area (TPSA) is 49.8 Å². The summed E-state index contributed by atoms with van der Waals surface area (Å²) in [6, 6.07) is 9.71. The van der Waals surface area contributed by atoms with Crippen molar-refractivity contribution in [1.29, 1.82) is 0 Å². The van der Waals surface area contributed by atoms with Crippen LogP contribution in [0.3, 0.4) is 0 Å². The van der Waals surface area contributed by atoms with Gasteiger partial charge in [0.1, 0.15) is 0 Å². The maximum Gasteiger partial charge on any atom is 0.294 e. The molecule has 22 heavy (non-hydrogen) atoms. The van der Waals surface area contributed by atoms with Crippen LogP contribution in [0.2, 0.25) is 0 Å². The van der Waals surface area contributed by atoms with Gasteiger partial charge in [-0.1, -0.05) is 30.3 Å². The van der Waals surface area contributed by atoms with Crippen molar-refractivity contribution in [3.8, 4) is 0 Å². The van der Waals surface area contributed by atoms with E-state index in [2.05, 4.69) is 4.90 Å². The number of alkyl halides is 1. The molecule has 1 atom stereocenters. The zero-order valence-corrected chi connectivity index (χ0v) is 13.5. The third-order valence-electron chi connectivity index (χ3n) is 4.36. The molecule has 1 fully saturated rings. The van der Waals surface area contributed by atoms with Crippen molar-refractivity contribution in [3.63, 3.8) is 0 Å². The number of likely N-dealkylation sites (tertiary alicyclic amines) is 1. The standard InChI is InChI=1S/C17H24ClNO3/c18-11-5-4-8-17(21)9-12-19(13-10-17)16(22-14-20)15-6-2-1-3-7-15/h1-3,6-7,14,16,21H,4-5,8-13H2. The second-order valence-corrected chi connectivity index (χ2v) is 6.28. The first-order chi connectivity index (χ1) is 10.7. The van der Waals surface area contributed by atoms with Crippen LogP contribution in [0.15, 0.2) is 30.3 Å². The molecule has 2 rings (SSSR count). The maximum absolute atomic E-state index is 10.8. The third-order valence-corrected chi connectivity index (χ3v) is 4.62. The summed E-state index contributed by atoms with van der Waals surface area (Å²) < 4.78 is 5.28. The molecule has 0 aliphatic carbocycles. The van der Waals surface area contributed by atoms with Crippen molar-refractivity contribution >= 4 is 18.1 Å². The van der Waals surface area contributed by atoms with E-state index in [1.807, 2.05) is 30.3 Å². The van der Waals surface area contributed by atoms with Gasteiger partial charge in [-0.05, 0) is 32.1 Å². The maximum atomic E-state index is 10.8. The van der Waals surface area contributed by atoms with Gasteiger partial charge in [-0.15, -0.1) is 11.6 Å². The highest BCUT2D eigenvalue weighted by atomic mass is 35.5. The largest absolute Gasteiger partial charge is 0.444 e. The summed E-state index contributed by atoms with van der Waals surface area (Å²) in [7, 11) is 0. The lowest BCUT2D eigenvalue weighted by molar-refractivity contribution is -0.149. The second kappa shape index (κ2) is 8.51. The first-order valence-electron chi connectivity index (χ1n) is 7.85. The Balaban J connectivity index is 1.94. The predicted octanol–water partition coefficient (Wildman–Crippen LogP) is 3.09. The lowest BCUT2D eigenvalue weighted by Crippen LogP contribution is -2.46. The van der Waals surface area contributed by atoms with Crippen molar-refractivity contribution in [2.75, 3.05) is 19.0 Å². The SMILES string of the molecule is O=COC(c1ccccc1)N1CCC(O)(CCCCCl)CC1. The van der Waals surface area contributed by atoms with Gasteiger partial charge in [-0.25, -0.2) is 0 Å². The first kappa shape index (κ1) is 17.3. The average Bonchev–Trinajstić information content (AvgIpc) is 2.55. The molecular formula is C17H24ClNO3. The minimum atomic E-state index is -0.606. The Bertz CT molecular complexity index is 446. The zero-order valence-electron chi connectivity index (χ0n) is 12.8. The molecule has 0 aromatic heterocycles. The number of carbonyl (C=O) groups excluding carboxylic acids is 1. The van der Waals surface area contributed by atoms with Gasteiger partial charge in [-0.2, -0.15) is 0 Å². The van der Waals surface area contributed by atoms with Crippen molar-refractivity contribution in [1.82, 2.24) is 4.90 Å². The van der Waals surface area contributed by atoms with Crippen LogP contribution in [0, 0.1) is 0 Å². The number of benzene rings is 1. The second-order valence-electron chi connectivity index (χ2n) is 5.90. The van der Waals surface area contributed by atoms with E-state index in [4.69, 9.17) is 16.3 Å². The first-order valence-corrected chi connectivity index (χ1v) is 8.38. The summed E-state index contributed by atoms with van der Waals surface area (Å²) in [5, 5.41) is 10.6. The molecule has 1 aromatic rings. The fourth-order valence-electron chi connectivity index (χ4n) is 3.02. The van der Waals surface area contributed by atoms with E-state index in [1.165, 1.54) is 0 Å².